The maximum Gasteiger partial charge on any atom is 0.0409 e. The molecular weight excluding hydrogens is 276 g/mol. The van der Waals surface area contributed by atoms with Crippen LogP contribution in [0.15, 0.2) is 35.7 Å². The molecule has 0 spiro atoms. The summed E-state index contributed by atoms with van der Waals surface area (Å²) in [5.41, 5.74) is 4.05. The molecule has 0 saturated carbocycles. The van der Waals surface area contributed by atoms with Crippen molar-refractivity contribution in [2.75, 3.05) is 18.5 Å². The number of anilines is 1. The molecule has 2 nitrogen and oxygen atoms in total. The summed E-state index contributed by atoms with van der Waals surface area (Å²) in [5.74, 6) is 0. The summed E-state index contributed by atoms with van der Waals surface area (Å²) in [6.45, 7) is 8.52. The first kappa shape index (κ1) is 16.1. The van der Waals surface area contributed by atoms with E-state index in [1.807, 2.05) is 11.3 Å². The molecule has 1 aromatic heterocycles. The maximum atomic E-state index is 3.53. The normalized spacial score (nSPS) is 11.1. The van der Waals surface area contributed by atoms with Gasteiger partial charge in [0.2, 0.25) is 0 Å². The van der Waals surface area contributed by atoms with Crippen molar-refractivity contribution in [3.8, 4) is 0 Å². The van der Waals surface area contributed by atoms with Gasteiger partial charge in [0.15, 0.2) is 0 Å². The van der Waals surface area contributed by atoms with Gasteiger partial charge in [-0.15, -0.1) is 11.3 Å². The van der Waals surface area contributed by atoms with Crippen LogP contribution in [0.1, 0.15) is 29.9 Å². The van der Waals surface area contributed by atoms with E-state index < -0.39 is 0 Å². The molecule has 1 N–H and O–H groups in total. The highest BCUT2D eigenvalue weighted by Gasteiger charge is 2.09. The second-order valence-electron chi connectivity index (χ2n) is 5.92. The number of nitrogens with one attached hydrogen (secondary N) is 1. The van der Waals surface area contributed by atoms with Crippen molar-refractivity contribution in [3.63, 3.8) is 0 Å². The summed E-state index contributed by atoms with van der Waals surface area (Å²) in [4.78, 5) is 3.83. The van der Waals surface area contributed by atoms with E-state index in [-0.39, 0.29) is 0 Å². The lowest BCUT2D eigenvalue weighted by molar-refractivity contribution is 0.588. The quantitative estimate of drug-likeness (QED) is 0.823. The Kier molecular flexibility index (Phi) is 5.83. The van der Waals surface area contributed by atoms with Gasteiger partial charge in [-0.25, -0.2) is 0 Å². The van der Waals surface area contributed by atoms with Crippen LogP contribution in [0.2, 0.25) is 0 Å². The minimum absolute atomic E-state index is 0.509. The molecule has 3 heteroatoms. The number of aryl methyl sites for hydroxylation is 1. The van der Waals surface area contributed by atoms with E-state index in [0.717, 1.165) is 19.5 Å². The van der Waals surface area contributed by atoms with Crippen molar-refractivity contribution in [2.24, 2.45) is 0 Å². The van der Waals surface area contributed by atoms with Gasteiger partial charge in [-0.1, -0.05) is 37.6 Å². The molecule has 0 saturated heterocycles. The molecule has 0 radical (unpaired) electrons. The van der Waals surface area contributed by atoms with Crippen LogP contribution < -0.4 is 10.2 Å². The second kappa shape index (κ2) is 7.62. The van der Waals surface area contributed by atoms with Crippen LogP contribution >= 0.6 is 11.3 Å². The summed E-state index contributed by atoms with van der Waals surface area (Å²) < 4.78 is 0. The molecule has 0 aliphatic rings. The second-order valence-corrected chi connectivity index (χ2v) is 6.95. The van der Waals surface area contributed by atoms with Crippen LogP contribution in [0.25, 0.3) is 0 Å². The van der Waals surface area contributed by atoms with Crippen molar-refractivity contribution in [1.82, 2.24) is 5.32 Å². The van der Waals surface area contributed by atoms with Gasteiger partial charge in [0.25, 0.3) is 0 Å². The van der Waals surface area contributed by atoms with E-state index >= 15 is 0 Å². The Morgan fingerprint density at radius 1 is 1.24 bits per heavy atom. The summed E-state index contributed by atoms with van der Waals surface area (Å²) in [6.07, 6.45) is 1.11. The zero-order valence-corrected chi connectivity index (χ0v) is 14.3. The number of hydrogen-bond acceptors (Lipinski definition) is 3. The standard InChI is InChI=1S/C18H26N2S/c1-14(2)19-13-16-12-15(3)7-8-18(16)20(4)10-9-17-6-5-11-21-17/h5-8,11-12,14,19H,9-10,13H2,1-4H3. The zero-order chi connectivity index (χ0) is 15.2. The Labute approximate surface area is 132 Å². The van der Waals surface area contributed by atoms with Crippen molar-refractivity contribution >= 4 is 17.0 Å². The van der Waals surface area contributed by atoms with Crippen LogP contribution in [-0.2, 0) is 13.0 Å². The Hall–Kier alpha value is -1.32. The number of nitrogens with zero attached hydrogens (tertiary/aromatic N) is 1. The molecule has 0 fully saturated rings. The number of thiophene rings is 1. The predicted molar refractivity (Wildman–Crippen MR) is 94.4 cm³/mol. The Morgan fingerprint density at radius 3 is 2.71 bits per heavy atom. The summed E-state index contributed by atoms with van der Waals surface area (Å²) in [5, 5.41) is 5.68. The topological polar surface area (TPSA) is 15.3 Å². The first-order valence-corrected chi connectivity index (χ1v) is 8.50. The molecule has 21 heavy (non-hydrogen) atoms. The molecule has 0 atom stereocenters. The molecule has 1 aromatic carbocycles. The Bertz CT molecular complexity index is 546. The lowest BCUT2D eigenvalue weighted by Crippen LogP contribution is -2.26. The van der Waals surface area contributed by atoms with Gasteiger partial charge >= 0.3 is 0 Å². The van der Waals surface area contributed by atoms with Gasteiger partial charge in [-0.3, -0.25) is 0 Å². The van der Waals surface area contributed by atoms with Gasteiger partial charge < -0.3 is 10.2 Å². The molecule has 1 heterocycles. The minimum atomic E-state index is 0.509. The van der Waals surface area contributed by atoms with Crippen LogP contribution in [0.3, 0.4) is 0 Å². The molecule has 2 rings (SSSR count). The molecule has 0 aliphatic carbocycles. The number of rotatable bonds is 7. The van der Waals surface area contributed by atoms with Crippen LogP contribution in [0.4, 0.5) is 5.69 Å². The third-order valence-corrected chi connectivity index (χ3v) is 4.56. The van der Waals surface area contributed by atoms with Gasteiger partial charge in [-0.2, -0.15) is 0 Å². The highest BCUT2D eigenvalue weighted by molar-refractivity contribution is 7.09. The van der Waals surface area contributed by atoms with Gasteiger partial charge in [0, 0.05) is 36.7 Å². The first-order valence-electron chi connectivity index (χ1n) is 7.62. The third-order valence-electron chi connectivity index (χ3n) is 3.62. The summed E-state index contributed by atoms with van der Waals surface area (Å²) >= 11 is 1.84. The van der Waals surface area contributed by atoms with Crippen molar-refractivity contribution < 1.29 is 0 Å². The predicted octanol–water partition coefficient (Wildman–Crippen LogP) is 4.23. The molecule has 0 amide bonds. The average molecular weight is 302 g/mol. The summed E-state index contributed by atoms with van der Waals surface area (Å²) in [7, 11) is 2.19. The summed E-state index contributed by atoms with van der Waals surface area (Å²) in [6, 6.07) is 11.6. The largest absolute Gasteiger partial charge is 0.374 e. The lowest BCUT2D eigenvalue weighted by Gasteiger charge is -2.23. The zero-order valence-electron chi connectivity index (χ0n) is 13.5. The molecule has 2 aromatic rings. The highest BCUT2D eigenvalue weighted by Crippen LogP contribution is 2.22. The van der Waals surface area contributed by atoms with Crippen molar-refractivity contribution in [3.05, 3.63) is 51.7 Å². The number of benzene rings is 1. The van der Waals surface area contributed by atoms with Crippen LogP contribution in [0, 0.1) is 6.92 Å². The molecule has 114 valence electrons. The number of hydrogen-bond donors (Lipinski definition) is 1. The van der Waals surface area contributed by atoms with Gasteiger partial charge in [-0.05, 0) is 36.4 Å². The minimum Gasteiger partial charge on any atom is -0.374 e. The molecule has 0 unspecified atom stereocenters. The molecule has 0 aliphatic heterocycles. The first-order chi connectivity index (χ1) is 10.1. The fourth-order valence-electron chi connectivity index (χ4n) is 2.40. The molecular formula is C18H26N2S. The van der Waals surface area contributed by atoms with Crippen molar-refractivity contribution in [1.29, 1.82) is 0 Å². The van der Waals surface area contributed by atoms with E-state index in [1.165, 1.54) is 21.7 Å². The van der Waals surface area contributed by atoms with E-state index in [9.17, 15) is 0 Å². The average Bonchev–Trinajstić information content (AvgIpc) is 2.96. The van der Waals surface area contributed by atoms with Crippen LogP contribution in [-0.4, -0.2) is 19.6 Å². The third kappa shape index (κ3) is 4.87. The lowest BCUT2D eigenvalue weighted by atomic mass is 10.1. The highest BCUT2D eigenvalue weighted by atomic mass is 32.1. The van der Waals surface area contributed by atoms with E-state index in [2.05, 4.69) is 73.7 Å². The van der Waals surface area contributed by atoms with E-state index in [1.54, 1.807) is 0 Å². The number of likely N-dealkylation sites (N-methyl/N-ethyl adjacent to an activating group) is 1. The maximum absolute atomic E-state index is 3.53. The smallest absolute Gasteiger partial charge is 0.0409 e. The van der Waals surface area contributed by atoms with Crippen molar-refractivity contribution in [2.45, 2.75) is 39.8 Å². The fraction of sp³-hybridized carbons (Fsp3) is 0.444. The molecule has 0 bridgehead atoms. The Morgan fingerprint density at radius 2 is 2.05 bits per heavy atom. The van der Waals surface area contributed by atoms with Gasteiger partial charge in [0.1, 0.15) is 0 Å². The monoisotopic (exact) mass is 302 g/mol. The fourth-order valence-corrected chi connectivity index (χ4v) is 3.09. The van der Waals surface area contributed by atoms with E-state index in [4.69, 9.17) is 0 Å². The Balaban J connectivity index is 2.05. The van der Waals surface area contributed by atoms with Crippen LogP contribution in [0.5, 0.6) is 0 Å². The van der Waals surface area contributed by atoms with E-state index in [0.29, 0.717) is 6.04 Å². The SMILES string of the molecule is Cc1ccc(N(C)CCc2cccs2)c(CNC(C)C)c1. The van der Waals surface area contributed by atoms with Gasteiger partial charge in [0.05, 0.1) is 0 Å².